The molecule has 0 unspecified atom stereocenters. The third-order valence-corrected chi connectivity index (χ3v) is 2.89. The van der Waals surface area contributed by atoms with Crippen molar-refractivity contribution in [2.24, 2.45) is 5.84 Å². The van der Waals surface area contributed by atoms with Crippen molar-refractivity contribution in [3.63, 3.8) is 0 Å². The minimum absolute atomic E-state index is 0.0379. The zero-order chi connectivity index (χ0) is 16.0. The number of hydrogen-bond donors (Lipinski definition) is 3. The second-order valence-electron chi connectivity index (χ2n) is 4.15. The van der Waals surface area contributed by atoms with E-state index in [1.54, 1.807) is 4.90 Å². The molecule has 0 saturated carbocycles. The number of hydrogen-bond acceptors (Lipinski definition) is 8. The lowest BCUT2D eigenvalue weighted by Crippen LogP contribution is -2.35. The van der Waals surface area contributed by atoms with Gasteiger partial charge in [-0.3, -0.25) is 20.3 Å². The van der Waals surface area contributed by atoms with Crippen molar-refractivity contribution >= 4 is 23.4 Å². The van der Waals surface area contributed by atoms with Gasteiger partial charge in [-0.25, -0.2) is 10.8 Å². The summed E-state index contributed by atoms with van der Waals surface area (Å²) >= 11 is 0. The number of carbonyl (C=O) groups is 1. The fraction of sp³-hybridized carbons (Fsp3) is 0.545. The van der Waals surface area contributed by atoms with E-state index in [4.69, 9.17) is 5.84 Å². The molecule has 10 heteroatoms. The molecular formula is C11H19N7O3. The number of carbonyl (C=O) groups excluding carboxylic acids is 1. The molecule has 1 amide bonds. The van der Waals surface area contributed by atoms with Gasteiger partial charge in [0.1, 0.15) is 5.69 Å². The molecule has 0 atom stereocenters. The van der Waals surface area contributed by atoms with Crippen molar-refractivity contribution in [3.8, 4) is 0 Å². The third-order valence-electron chi connectivity index (χ3n) is 2.89. The van der Waals surface area contributed by atoms with Gasteiger partial charge in [0.25, 0.3) is 0 Å². The minimum atomic E-state index is -0.597. The second-order valence-corrected chi connectivity index (χ2v) is 4.15. The standard InChI is InChI=1S/C11H19N7O3/c1-4-17(5-2)8(19)6-13-10-9(18(20)21)7(3)14-11(15-10)16-12/h4-6,12H2,1-3H3,(H2,13,14,15,16). The average molecular weight is 297 g/mol. The molecule has 1 rings (SSSR count). The molecule has 0 spiro atoms. The van der Waals surface area contributed by atoms with E-state index < -0.39 is 4.92 Å². The predicted octanol–water partition coefficient (Wildman–Crippen LogP) is 0.259. The number of aromatic nitrogens is 2. The number of aryl methyl sites for hydroxylation is 1. The molecule has 10 nitrogen and oxygen atoms in total. The number of rotatable bonds is 7. The van der Waals surface area contributed by atoms with E-state index in [0.717, 1.165) is 0 Å². The normalized spacial score (nSPS) is 10.1. The number of nitro groups is 1. The van der Waals surface area contributed by atoms with E-state index in [0.29, 0.717) is 13.1 Å². The summed E-state index contributed by atoms with van der Waals surface area (Å²) in [5.74, 6) is 5.04. The van der Waals surface area contributed by atoms with Crippen LogP contribution in [0.2, 0.25) is 0 Å². The monoisotopic (exact) mass is 297 g/mol. The van der Waals surface area contributed by atoms with Crippen molar-refractivity contribution < 1.29 is 9.72 Å². The molecule has 0 saturated heterocycles. The van der Waals surface area contributed by atoms with Gasteiger partial charge in [0, 0.05) is 13.1 Å². The smallest absolute Gasteiger partial charge is 0.332 e. The van der Waals surface area contributed by atoms with Crippen LogP contribution in [0.1, 0.15) is 19.5 Å². The Morgan fingerprint density at radius 3 is 2.48 bits per heavy atom. The molecule has 4 N–H and O–H groups in total. The van der Waals surface area contributed by atoms with Crippen molar-refractivity contribution in [2.75, 3.05) is 30.4 Å². The Labute approximate surface area is 121 Å². The van der Waals surface area contributed by atoms with Crippen LogP contribution in [0, 0.1) is 17.0 Å². The highest BCUT2D eigenvalue weighted by Gasteiger charge is 2.22. The molecule has 0 aliphatic heterocycles. The Morgan fingerprint density at radius 1 is 1.38 bits per heavy atom. The molecule has 1 heterocycles. The fourth-order valence-corrected chi connectivity index (χ4v) is 1.82. The van der Waals surface area contributed by atoms with Crippen LogP contribution in [0.4, 0.5) is 17.5 Å². The van der Waals surface area contributed by atoms with Crippen LogP contribution >= 0.6 is 0 Å². The summed E-state index contributed by atoms with van der Waals surface area (Å²) in [7, 11) is 0. The Hall–Kier alpha value is -2.49. The maximum Gasteiger partial charge on any atom is 0.332 e. The Bertz CT molecular complexity index is 531. The quantitative estimate of drug-likeness (QED) is 0.370. The van der Waals surface area contributed by atoms with Gasteiger partial charge in [-0.15, -0.1) is 0 Å². The van der Waals surface area contributed by atoms with Crippen LogP contribution in [0.25, 0.3) is 0 Å². The molecule has 0 fully saturated rings. The molecule has 0 aromatic carbocycles. The molecule has 1 aromatic rings. The van der Waals surface area contributed by atoms with E-state index in [-0.39, 0.29) is 35.6 Å². The maximum absolute atomic E-state index is 11.9. The number of anilines is 2. The molecule has 21 heavy (non-hydrogen) atoms. The Kier molecular flexibility index (Phi) is 5.79. The first kappa shape index (κ1) is 16.6. The van der Waals surface area contributed by atoms with Gasteiger partial charge in [0.15, 0.2) is 0 Å². The van der Waals surface area contributed by atoms with Gasteiger partial charge in [-0.1, -0.05) is 0 Å². The van der Waals surface area contributed by atoms with Crippen molar-refractivity contribution in [1.29, 1.82) is 0 Å². The van der Waals surface area contributed by atoms with Gasteiger partial charge in [0.05, 0.1) is 11.5 Å². The number of nitrogens with two attached hydrogens (primary N) is 1. The molecule has 116 valence electrons. The van der Waals surface area contributed by atoms with Crippen LogP contribution in [-0.2, 0) is 4.79 Å². The van der Waals surface area contributed by atoms with Gasteiger partial charge in [0.2, 0.25) is 17.7 Å². The van der Waals surface area contributed by atoms with E-state index in [2.05, 4.69) is 20.7 Å². The van der Waals surface area contributed by atoms with E-state index >= 15 is 0 Å². The van der Waals surface area contributed by atoms with E-state index in [1.807, 2.05) is 13.8 Å². The highest BCUT2D eigenvalue weighted by molar-refractivity contribution is 5.81. The summed E-state index contributed by atoms with van der Waals surface area (Å²) in [5.41, 5.74) is 2.10. The second kappa shape index (κ2) is 7.33. The summed E-state index contributed by atoms with van der Waals surface area (Å²) in [4.78, 5) is 31.7. The minimum Gasteiger partial charge on any atom is -0.355 e. The zero-order valence-electron chi connectivity index (χ0n) is 12.2. The fourth-order valence-electron chi connectivity index (χ4n) is 1.82. The van der Waals surface area contributed by atoms with Crippen LogP contribution < -0.4 is 16.6 Å². The third kappa shape index (κ3) is 3.99. The maximum atomic E-state index is 11.9. The van der Waals surface area contributed by atoms with Crippen LogP contribution in [0.3, 0.4) is 0 Å². The first-order valence-corrected chi connectivity index (χ1v) is 6.45. The number of nitrogen functional groups attached to an aromatic ring is 1. The van der Waals surface area contributed by atoms with Gasteiger partial charge < -0.3 is 10.2 Å². The van der Waals surface area contributed by atoms with Crippen LogP contribution in [-0.4, -0.2) is 45.3 Å². The highest BCUT2D eigenvalue weighted by Crippen LogP contribution is 2.26. The molecule has 0 bridgehead atoms. The van der Waals surface area contributed by atoms with Crippen molar-refractivity contribution in [1.82, 2.24) is 14.9 Å². The van der Waals surface area contributed by atoms with Crippen molar-refractivity contribution in [3.05, 3.63) is 15.8 Å². The summed E-state index contributed by atoms with van der Waals surface area (Å²) in [6.45, 7) is 6.22. The number of amides is 1. The number of nitrogens with zero attached hydrogens (tertiary/aromatic N) is 4. The van der Waals surface area contributed by atoms with Gasteiger partial charge >= 0.3 is 5.69 Å². The molecule has 0 radical (unpaired) electrons. The largest absolute Gasteiger partial charge is 0.355 e. The molecular weight excluding hydrogens is 278 g/mol. The topological polar surface area (TPSA) is 139 Å². The molecule has 0 aliphatic rings. The summed E-state index contributed by atoms with van der Waals surface area (Å²) in [6.07, 6.45) is 0. The predicted molar refractivity (Wildman–Crippen MR) is 77.7 cm³/mol. The first-order valence-electron chi connectivity index (χ1n) is 6.45. The van der Waals surface area contributed by atoms with Crippen molar-refractivity contribution in [2.45, 2.75) is 20.8 Å². The summed E-state index contributed by atoms with van der Waals surface area (Å²) < 4.78 is 0. The van der Waals surface area contributed by atoms with E-state index in [9.17, 15) is 14.9 Å². The van der Waals surface area contributed by atoms with Gasteiger partial charge in [-0.2, -0.15) is 4.98 Å². The van der Waals surface area contributed by atoms with Crippen LogP contribution in [0.5, 0.6) is 0 Å². The average Bonchev–Trinajstić information content (AvgIpc) is 2.45. The number of likely N-dealkylation sites (N-methyl/N-ethyl adjacent to an activating group) is 1. The lowest BCUT2D eigenvalue weighted by Gasteiger charge is -2.19. The molecule has 0 aliphatic carbocycles. The SMILES string of the molecule is CCN(CC)C(=O)CNc1nc(NN)nc(C)c1[N+](=O)[O-]. The van der Waals surface area contributed by atoms with E-state index in [1.165, 1.54) is 6.92 Å². The molecule has 1 aromatic heterocycles. The summed E-state index contributed by atoms with van der Waals surface area (Å²) in [6, 6.07) is 0. The highest BCUT2D eigenvalue weighted by atomic mass is 16.6. The Morgan fingerprint density at radius 2 is 2.00 bits per heavy atom. The lowest BCUT2D eigenvalue weighted by molar-refractivity contribution is -0.385. The lowest BCUT2D eigenvalue weighted by atomic mass is 10.3. The number of nitrogens with one attached hydrogen (secondary N) is 2. The Balaban J connectivity index is 2.98. The zero-order valence-corrected chi connectivity index (χ0v) is 12.2. The first-order chi connectivity index (χ1) is 9.94. The van der Waals surface area contributed by atoms with Gasteiger partial charge in [-0.05, 0) is 20.8 Å². The number of hydrazine groups is 1. The summed E-state index contributed by atoms with van der Waals surface area (Å²) in [5, 5.41) is 13.8. The van der Waals surface area contributed by atoms with Crippen LogP contribution in [0.15, 0.2) is 0 Å².